The Morgan fingerprint density at radius 3 is 2.74 bits per heavy atom. The van der Waals surface area contributed by atoms with Gasteiger partial charge in [0.25, 0.3) is 0 Å². The summed E-state index contributed by atoms with van der Waals surface area (Å²) in [4.78, 5) is 13.8. The molecule has 0 aromatic heterocycles. The van der Waals surface area contributed by atoms with Gasteiger partial charge < -0.3 is 14.8 Å². The highest BCUT2D eigenvalue weighted by Gasteiger charge is 2.27. The van der Waals surface area contributed by atoms with E-state index in [-0.39, 0.29) is 6.09 Å². The predicted octanol–water partition coefficient (Wildman–Crippen LogP) is 2.86. The van der Waals surface area contributed by atoms with Gasteiger partial charge in [-0.1, -0.05) is 0 Å². The van der Waals surface area contributed by atoms with Gasteiger partial charge in [0.2, 0.25) is 0 Å². The SMILES string of the molecule is COc1ccc2c(c1)NCCN2C(=O)OC(C)(C)C. The minimum atomic E-state index is -0.491. The molecule has 0 bridgehead atoms. The summed E-state index contributed by atoms with van der Waals surface area (Å²) in [7, 11) is 1.62. The van der Waals surface area contributed by atoms with Gasteiger partial charge in [0.1, 0.15) is 11.4 Å². The number of rotatable bonds is 1. The summed E-state index contributed by atoms with van der Waals surface area (Å²) < 4.78 is 10.6. The molecule has 0 radical (unpaired) electrons. The molecule has 0 saturated carbocycles. The van der Waals surface area contributed by atoms with Crippen LogP contribution in [0.1, 0.15) is 20.8 Å². The standard InChI is InChI=1S/C14H20N2O3/c1-14(2,3)19-13(17)16-8-7-15-11-9-10(18-4)5-6-12(11)16/h5-6,9,15H,7-8H2,1-4H3. The first kappa shape index (κ1) is 13.5. The van der Waals surface area contributed by atoms with Gasteiger partial charge in [-0.25, -0.2) is 4.79 Å². The predicted molar refractivity (Wildman–Crippen MR) is 75.1 cm³/mol. The molecule has 104 valence electrons. The van der Waals surface area contributed by atoms with E-state index in [0.29, 0.717) is 13.1 Å². The number of hydrogen-bond donors (Lipinski definition) is 1. The number of benzene rings is 1. The van der Waals surface area contributed by atoms with Crippen LogP contribution in [0.25, 0.3) is 0 Å². The summed E-state index contributed by atoms with van der Waals surface area (Å²) in [6, 6.07) is 5.58. The van der Waals surface area contributed by atoms with Crippen molar-refractivity contribution < 1.29 is 14.3 Å². The van der Waals surface area contributed by atoms with Gasteiger partial charge in [0, 0.05) is 19.2 Å². The van der Waals surface area contributed by atoms with Crippen LogP contribution in [0.3, 0.4) is 0 Å². The third kappa shape index (κ3) is 3.10. The molecule has 0 spiro atoms. The number of hydrogen-bond acceptors (Lipinski definition) is 4. The summed E-state index contributed by atoms with van der Waals surface area (Å²) in [5.74, 6) is 0.761. The highest BCUT2D eigenvalue weighted by Crippen LogP contribution is 2.33. The molecule has 5 nitrogen and oxygen atoms in total. The first-order chi connectivity index (χ1) is 8.90. The van der Waals surface area contributed by atoms with Crippen LogP contribution in [-0.4, -0.2) is 31.9 Å². The zero-order valence-electron chi connectivity index (χ0n) is 11.8. The Hall–Kier alpha value is -1.91. The van der Waals surface area contributed by atoms with E-state index in [1.807, 2.05) is 39.0 Å². The second-order valence-electron chi connectivity index (χ2n) is 5.44. The van der Waals surface area contributed by atoms with Crippen molar-refractivity contribution in [2.24, 2.45) is 0 Å². The van der Waals surface area contributed by atoms with Crippen molar-refractivity contribution >= 4 is 17.5 Å². The molecule has 0 saturated heterocycles. The summed E-state index contributed by atoms with van der Waals surface area (Å²) in [6.45, 7) is 6.87. The molecule has 0 atom stereocenters. The number of anilines is 2. The van der Waals surface area contributed by atoms with Crippen LogP contribution in [0.15, 0.2) is 18.2 Å². The van der Waals surface area contributed by atoms with Crippen LogP contribution in [-0.2, 0) is 4.74 Å². The van der Waals surface area contributed by atoms with Crippen molar-refractivity contribution in [2.45, 2.75) is 26.4 Å². The van der Waals surface area contributed by atoms with Crippen LogP contribution in [0, 0.1) is 0 Å². The van der Waals surface area contributed by atoms with Crippen LogP contribution in [0.4, 0.5) is 16.2 Å². The number of ether oxygens (including phenoxy) is 2. The highest BCUT2D eigenvalue weighted by atomic mass is 16.6. The Balaban J connectivity index is 2.25. The van der Waals surface area contributed by atoms with E-state index in [2.05, 4.69) is 5.32 Å². The Kier molecular flexibility index (Phi) is 3.55. The van der Waals surface area contributed by atoms with E-state index in [1.54, 1.807) is 12.0 Å². The number of nitrogens with one attached hydrogen (secondary N) is 1. The molecule has 0 aliphatic carbocycles. The fourth-order valence-electron chi connectivity index (χ4n) is 1.95. The van der Waals surface area contributed by atoms with E-state index in [4.69, 9.17) is 9.47 Å². The number of methoxy groups -OCH3 is 1. The smallest absolute Gasteiger partial charge is 0.414 e. The molecule has 5 heteroatoms. The largest absolute Gasteiger partial charge is 0.497 e. The number of amides is 1. The zero-order valence-corrected chi connectivity index (χ0v) is 11.8. The summed E-state index contributed by atoms with van der Waals surface area (Å²) in [5, 5.41) is 3.26. The van der Waals surface area contributed by atoms with E-state index in [0.717, 1.165) is 17.1 Å². The molecule has 1 aromatic carbocycles. The first-order valence-corrected chi connectivity index (χ1v) is 6.33. The van der Waals surface area contributed by atoms with Crippen LogP contribution < -0.4 is 15.0 Å². The lowest BCUT2D eigenvalue weighted by Gasteiger charge is -2.32. The van der Waals surface area contributed by atoms with Gasteiger partial charge >= 0.3 is 6.09 Å². The van der Waals surface area contributed by atoms with Crippen LogP contribution in [0.5, 0.6) is 5.75 Å². The average Bonchev–Trinajstić information content (AvgIpc) is 2.35. The molecule has 2 rings (SSSR count). The molecule has 1 heterocycles. The number of fused-ring (bicyclic) bond motifs is 1. The Bertz CT molecular complexity index is 480. The molecule has 0 unspecified atom stereocenters. The zero-order chi connectivity index (χ0) is 14.0. The van der Waals surface area contributed by atoms with Gasteiger partial charge in [-0.05, 0) is 32.9 Å². The molecule has 1 amide bonds. The third-order valence-corrected chi connectivity index (χ3v) is 2.76. The average molecular weight is 264 g/mol. The van der Waals surface area contributed by atoms with Gasteiger partial charge in [0.15, 0.2) is 0 Å². The summed E-state index contributed by atoms with van der Waals surface area (Å²) in [5.41, 5.74) is 1.21. The van der Waals surface area contributed by atoms with Crippen molar-refractivity contribution in [3.63, 3.8) is 0 Å². The van der Waals surface area contributed by atoms with Crippen LogP contribution >= 0.6 is 0 Å². The molecule has 1 N–H and O–H groups in total. The molecule has 19 heavy (non-hydrogen) atoms. The maximum atomic E-state index is 12.2. The molecule has 0 fully saturated rings. The van der Waals surface area contributed by atoms with Gasteiger partial charge in [0.05, 0.1) is 18.5 Å². The minimum Gasteiger partial charge on any atom is -0.497 e. The Morgan fingerprint density at radius 2 is 2.11 bits per heavy atom. The number of nitrogens with zero attached hydrogens (tertiary/aromatic N) is 1. The maximum Gasteiger partial charge on any atom is 0.414 e. The van der Waals surface area contributed by atoms with Gasteiger partial charge in [-0.3, -0.25) is 4.90 Å². The van der Waals surface area contributed by atoms with Crippen molar-refractivity contribution in [1.82, 2.24) is 0 Å². The minimum absolute atomic E-state index is 0.319. The van der Waals surface area contributed by atoms with Crippen molar-refractivity contribution in [2.75, 3.05) is 30.4 Å². The maximum absolute atomic E-state index is 12.2. The second-order valence-corrected chi connectivity index (χ2v) is 5.44. The normalized spacial score (nSPS) is 14.4. The molecular formula is C14H20N2O3. The van der Waals surface area contributed by atoms with Crippen molar-refractivity contribution in [3.8, 4) is 5.75 Å². The van der Waals surface area contributed by atoms with E-state index in [1.165, 1.54) is 0 Å². The highest BCUT2D eigenvalue weighted by molar-refractivity contribution is 5.93. The lowest BCUT2D eigenvalue weighted by Crippen LogP contribution is -2.42. The monoisotopic (exact) mass is 264 g/mol. The Morgan fingerprint density at radius 1 is 1.37 bits per heavy atom. The molecule has 1 aromatic rings. The molecule has 1 aliphatic heterocycles. The second kappa shape index (κ2) is 4.99. The summed E-state index contributed by atoms with van der Waals surface area (Å²) >= 11 is 0. The van der Waals surface area contributed by atoms with E-state index < -0.39 is 5.60 Å². The summed E-state index contributed by atoms with van der Waals surface area (Å²) in [6.07, 6.45) is -0.319. The fraction of sp³-hybridized carbons (Fsp3) is 0.500. The molecule has 1 aliphatic rings. The lowest BCUT2D eigenvalue weighted by atomic mass is 10.2. The van der Waals surface area contributed by atoms with Crippen molar-refractivity contribution in [1.29, 1.82) is 0 Å². The number of carbonyl (C=O) groups excluding carboxylic acids is 1. The lowest BCUT2D eigenvalue weighted by molar-refractivity contribution is 0.0581. The Labute approximate surface area is 113 Å². The van der Waals surface area contributed by atoms with Crippen LogP contribution in [0.2, 0.25) is 0 Å². The third-order valence-electron chi connectivity index (χ3n) is 2.76. The van der Waals surface area contributed by atoms with E-state index >= 15 is 0 Å². The number of carbonyl (C=O) groups is 1. The van der Waals surface area contributed by atoms with Crippen molar-refractivity contribution in [3.05, 3.63) is 18.2 Å². The topological polar surface area (TPSA) is 50.8 Å². The van der Waals surface area contributed by atoms with Gasteiger partial charge in [-0.2, -0.15) is 0 Å². The quantitative estimate of drug-likeness (QED) is 0.847. The molecular weight excluding hydrogens is 244 g/mol. The first-order valence-electron chi connectivity index (χ1n) is 6.33. The fourth-order valence-corrected chi connectivity index (χ4v) is 1.95. The van der Waals surface area contributed by atoms with Gasteiger partial charge in [-0.15, -0.1) is 0 Å². The van der Waals surface area contributed by atoms with E-state index in [9.17, 15) is 4.79 Å².